The van der Waals surface area contributed by atoms with Crippen LogP contribution in [0.25, 0.3) is 0 Å². The predicted molar refractivity (Wildman–Crippen MR) is 60.5 cm³/mol. The summed E-state index contributed by atoms with van der Waals surface area (Å²) in [5.74, 6) is 0.675. The van der Waals surface area contributed by atoms with Gasteiger partial charge in [0.2, 0.25) is 0 Å². The Labute approximate surface area is 86.7 Å². The zero-order valence-electron chi connectivity index (χ0n) is 8.95. The second-order valence-corrected chi connectivity index (χ2v) is 4.32. The molecule has 1 fully saturated rings. The first-order valence-electron chi connectivity index (χ1n) is 5.63. The summed E-state index contributed by atoms with van der Waals surface area (Å²) in [6.07, 6.45) is 2.78. The van der Waals surface area contributed by atoms with Crippen molar-refractivity contribution in [3.05, 3.63) is 35.9 Å². The van der Waals surface area contributed by atoms with Crippen molar-refractivity contribution >= 4 is 0 Å². The highest BCUT2D eigenvalue weighted by molar-refractivity contribution is 5.19. The average molecular weight is 189 g/mol. The van der Waals surface area contributed by atoms with E-state index >= 15 is 0 Å². The largest absolute Gasteiger partial charge is 0.303 e. The molecule has 14 heavy (non-hydrogen) atoms. The van der Waals surface area contributed by atoms with Crippen molar-refractivity contribution in [2.24, 2.45) is 0 Å². The van der Waals surface area contributed by atoms with Gasteiger partial charge in [-0.1, -0.05) is 37.3 Å². The van der Waals surface area contributed by atoms with Gasteiger partial charge in [-0.3, -0.25) is 0 Å². The summed E-state index contributed by atoms with van der Waals surface area (Å²) in [7, 11) is 0. The van der Waals surface area contributed by atoms with Crippen LogP contribution in [0.3, 0.4) is 0 Å². The van der Waals surface area contributed by atoms with Gasteiger partial charge in [-0.2, -0.15) is 0 Å². The molecule has 1 atom stereocenters. The second kappa shape index (κ2) is 4.61. The molecule has 1 saturated heterocycles. The molecule has 1 aliphatic rings. The van der Waals surface area contributed by atoms with Gasteiger partial charge in [0.15, 0.2) is 0 Å². The molecule has 1 aliphatic heterocycles. The fourth-order valence-electron chi connectivity index (χ4n) is 2.24. The molecule has 0 radical (unpaired) electrons. The molecular formula is C13H19N. The van der Waals surface area contributed by atoms with Gasteiger partial charge in [-0.25, -0.2) is 0 Å². The quantitative estimate of drug-likeness (QED) is 0.706. The van der Waals surface area contributed by atoms with Crippen LogP contribution in [-0.2, 0) is 0 Å². The monoisotopic (exact) mass is 189 g/mol. The fraction of sp³-hybridized carbons (Fsp3) is 0.538. The minimum atomic E-state index is 0.675. The second-order valence-electron chi connectivity index (χ2n) is 4.32. The van der Waals surface area contributed by atoms with Gasteiger partial charge in [-0.05, 0) is 37.4 Å². The summed E-state index contributed by atoms with van der Waals surface area (Å²) in [6, 6.07) is 10.8. The molecule has 2 rings (SSSR count). The molecule has 1 unspecified atom stereocenters. The van der Waals surface area contributed by atoms with E-state index < -0.39 is 0 Å². The Morgan fingerprint density at radius 3 is 2.43 bits per heavy atom. The number of hydrogen-bond acceptors (Lipinski definition) is 1. The minimum Gasteiger partial charge on any atom is -0.303 e. The maximum atomic E-state index is 2.58. The number of rotatable bonds is 3. The van der Waals surface area contributed by atoms with Crippen LogP contribution in [0.2, 0.25) is 0 Å². The van der Waals surface area contributed by atoms with Crippen LogP contribution < -0.4 is 0 Å². The van der Waals surface area contributed by atoms with Crippen molar-refractivity contribution in [1.82, 2.24) is 4.90 Å². The Kier molecular flexibility index (Phi) is 3.20. The lowest BCUT2D eigenvalue weighted by Gasteiger charge is -2.20. The highest BCUT2D eigenvalue weighted by atomic mass is 15.1. The van der Waals surface area contributed by atoms with Crippen LogP contribution in [0.4, 0.5) is 0 Å². The zero-order valence-corrected chi connectivity index (χ0v) is 8.95. The summed E-state index contributed by atoms with van der Waals surface area (Å²) in [5.41, 5.74) is 1.47. The first-order chi connectivity index (χ1) is 6.86. The predicted octanol–water partition coefficient (Wildman–Crippen LogP) is 2.89. The van der Waals surface area contributed by atoms with Crippen LogP contribution in [0.5, 0.6) is 0 Å². The van der Waals surface area contributed by atoms with Gasteiger partial charge in [0.25, 0.3) is 0 Å². The van der Waals surface area contributed by atoms with Gasteiger partial charge >= 0.3 is 0 Å². The van der Waals surface area contributed by atoms with E-state index in [9.17, 15) is 0 Å². The third kappa shape index (κ3) is 2.36. The Hall–Kier alpha value is -0.820. The number of hydrogen-bond donors (Lipinski definition) is 0. The van der Waals surface area contributed by atoms with Crippen molar-refractivity contribution in [2.75, 3.05) is 19.6 Å². The molecule has 0 N–H and O–H groups in total. The average Bonchev–Trinajstić information content (AvgIpc) is 2.72. The van der Waals surface area contributed by atoms with Crippen molar-refractivity contribution in [2.45, 2.75) is 25.7 Å². The zero-order chi connectivity index (χ0) is 9.80. The Balaban J connectivity index is 1.92. The molecule has 1 aromatic carbocycles. The summed E-state index contributed by atoms with van der Waals surface area (Å²) in [6.45, 7) is 6.16. The molecule has 76 valence electrons. The van der Waals surface area contributed by atoms with E-state index in [1.165, 1.54) is 38.0 Å². The van der Waals surface area contributed by atoms with Crippen LogP contribution in [0.1, 0.15) is 31.2 Å². The van der Waals surface area contributed by atoms with Crippen molar-refractivity contribution in [1.29, 1.82) is 0 Å². The van der Waals surface area contributed by atoms with E-state index in [2.05, 4.69) is 42.2 Å². The Bertz CT molecular complexity index is 262. The van der Waals surface area contributed by atoms with Gasteiger partial charge in [0.1, 0.15) is 0 Å². The van der Waals surface area contributed by atoms with Gasteiger partial charge < -0.3 is 4.90 Å². The lowest BCUT2D eigenvalue weighted by Crippen LogP contribution is -2.24. The van der Waals surface area contributed by atoms with Gasteiger partial charge in [-0.15, -0.1) is 0 Å². The third-order valence-corrected chi connectivity index (χ3v) is 3.10. The molecular weight excluding hydrogens is 170 g/mol. The Morgan fingerprint density at radius 2 is 1.79 bits per heavy atom. The lowest BCUT2D eigenvalue weighted by atomic mass is 10.0. The number of likely N-dealkylation sites (tertiary alicyclic amines) is 1. The standard InChI is InChI=1S/C13H19N/c1-12(11-14-9-5-6-10-14)13-7-3-2-4-8-13/h2-4,7-8,12H,5-6,9-11H2,1H3. The summed E-state index contributed by atoms with van der Waals surface area (Å²) < 4.78 is 0. The molecule has 1 aromatic rings. The lowest BCUT2D eigenvalue weighted by molar-refractivity contribution is 0.321. The minimum absolute atomic E-state index is 0.675. The van der Waals surface area contributed by atoms with E-state index in [1.54, 1.807) is 0 Å². The smallest absolute Gasteiger partial charge is 0.00476 e. The van der Waals surface area contributed by atoms with Crippen LogP contribution in [-0.4, -0.2) is 24.5 Å². The molecule has 0 amide bonds. The van der Waals surface area contributed by atoms with E-state index in [0.717, 1.165) is 0 Å². The summed E-state index contributed by atoms with van der Waals surface area (Å²) in [4.78, 5) is 2.58. The fourth-order valence-corrected chi connectivity index (χ4v) is 2.24. The highest BCUT2D eigenvalue weighted by Gasteiger charge is 2.15. The van der Waals surface area contributed by atoms with Gasteiger partial charge in [0, 0.05) is 6.54 Å². The molecule has 0 saturated carbocycles. The van der Waals surface area contributed by atoms with Crippen LogP contribution >= 0.6 is 0 Å². The summed E-state index contributed by atoms with van der Waals surface area (Å²) >= 11 is 0. The van der Waals surface area contributed by atoms with Crippen molar-refractivity contribution < 1.29 is 0 Å². The molecule has 0 aliphatic carbocycles. The highest BCUT2D eigenvalue weighted by Crippen LogP contribution is 2.18. The van der Waals surface area contributed by atoms with Gasteiger partial charge in [0.05, 0.1) is 0 Å². The number of benzene rings is 1. The maximum absolute atomic E-state index is 2.58. The topological polar surface area (TPSA) is 3.24 Å². The Morgan fingerprint density at radius 1 is 1.14 bits per heavy atom. The molecule has 0 spiro atoms. The first-order valence-corrected chi connectivity index (χ1v) is 5.63. The molecule has 1 heteroatoms. The molecule has 1 heterocycles. The van der Waals surface area contributed by atoms with E-state index in [1.807, 2.05) is 0 Å². The number of nitrogens with zero attached hydrogens (tertiary/aromatic N) is 1. The maximum Gasteiger partial charge on any atom is 0.00476 e. The van der Waals surface area contributed by atoms with E-state index in [-0.39, 0.29) is 0 Å². The van der Waals surface area contributed by atoms with Crippen LogP contribution in [0.15, 0.2) is 30.3 Å². The van der Waals surface area contributed by atoms with Crippen molar-refractivity contribution in [3.8, 4) is 0 Å². The molecule has 0 bridgehead atoms. The van der Waals surface area contributed by atoms with E-state index in [0.29, 0.717) is 5.92 Å². The van der Waals surface area contributed by atoms with E-state index in [4.69, 9.17) is 0 Å². The SMILES string of the molecule is CC(CN1CCCC1)c1ccccc1. The summed E-state index contributed by atoms with van der Waals surface area (Å²) in [5, 5.41) is 0. The normalized spacial score (nSPS) is 19.8. The van der Waals surface area contributed by atoms with Crippen LogP contribution in [0, 0.1) is 0 Å². The molecule has 0 aromatic heterocycles. The van der Waals surface area contributed by atoms with Crippen molar-refractivity contribution in [3.63, 3.8) is 0 Å². The first kappa shape index (κ1) is 9.72. The molecule has 1 nitrogen and oxygen atoms in total. The third-order valence-electron chi connectivity index (χ3n) is 3.10.